The number of carbonyl (C=O) groups excluding carboxylic acids is 2. The van der Waals surface area contributed by atoms with Crippen LogP contribution in [0.4, 0.5) is 0 Å². The van der Waals surface area contributed by atoms with E-state index in [1.807, 2.05) is 0 Å². The zero-order chi connectivity index (χ0) is 45.4. The predicted octanol–water partition coefficient (Wildman–Crippen LogP) is 0.441. The summed E-state index contributed by atoms with van der Waals surface area (Å²) in [6, 6.07) is 0. The van der Waals surface area contributed by atoms with Crippen molar-refractivity contribution in [3.05, 3.63) is 0 Å². The predicted molar refractivity (Wildman–Crippen MR) is 220 cm³/mol. The van der Waals surface area contributed by atoms with Crippen LogP contribution in [0.2, 0.25) is 0 Å². The fourth-order valence-corrected chi connectivity index (χ4v) is 11.1. The Balaban J connectivity index is 1.99. The van der Waals surface area contributed by atoms with Crippen LogP contribution in [0.15, 0.2) is 0 Å². The lowest BCUT2D eigenvalue weighted by atomic mass is 9.97. The van der Waals surface area contributed by atoms with Crippen LogP contribution in [0.3, 0.4) is 0 Å². The Hall–Kier alpha value is -1.60. The maximum atomic E-state index is 13.3. The summed E-state index contributed by atoms with van der Waals surface area (Å²) in [4.78, 5) is 22.5. The first-order valence-electron chi connectivity index (χ1n) is 21.7. The molecule has 2 aliphatic rings. The molecule has 0 bridgehead atoms. The smallest absolute Gasteiger partial charge is 0.305 e. The second-order valence-corrected chi connectivity index (χ2v) is 20.7. The first-order chi connectivity index (χ1) is 29.0. The van der Waals surface area contributed by atoms with E-state index in [9.17, 15) is 62.2 Å². The lowest BCUT2D eigenvalue weighted by Crippen LogP contribution is -2.64. The molecule has 7 N–H and O–H groups in total. The van der Waals surface area contributed by atoms with Crippen LogP contribution < -0.4 is 0 Å². The molecule has 19 nitrogen and oxygen atoms in total. The standard InChI is InChI=1S/C40H74O19S2/c1-54-31(43)19-15-11-7-3-5-9-13-17-21-60(50,51)26-28(27-61(52,53)22-18-14-10-6-4-8-12-16-20-32(44)55-2)25-56-39-37(49)35(47)38(30(24-42)58-39)59-40-36(48)34(46)33(45)29(23-41)57-40/h28-30,33-42,45-49H,3-27H2,1-2H3/t29-,30-,33+,34+,35-,36-,37-,38-,39-,40+/m1/s1. The van der Waals surface area contributed by atoms with Gasteiger partial charge in [0.2, 0.25) is 0 Å². The van der Waals surface area contributed by atoms with Crippen LogP contribution in [0, 0.1) is 5.92 Å². The molecule has 2 heterocycles. The summed E-state index contributed by atoms with van der Waals surface area (Å²) in [7, 11) is -4.84. The van der Waals surface area contributed by atoms with E-state index in [4.69, 9.17) is 18.9 Å². The van der Waals surface area contributed by atoms with Crippen molar-refractivity contribution in [2.75, 3.05) is 57.1 Å². The number of carbonyl (C=O) groups is 2. The summed E-state index contributed by atoms with van der Waals surface area (Å²) < 4.78 is 85.0. The molecular weight excluding hydrogens is 849 g/mol. The largest absolute Gasteiger partial charge is 0.469 e. The van der Waals surface area contributed by atoms with Crippen LogP contribution >= 0.6 is 0 Å². The van der Waals surface area contributed by atoms with E-state index in [-0.39, 0.29) is 23.4 Å². The fourth-order valence-electron chi connectivity index (χ4n) is 7.46. The van der Waals surface area contributed by atoms with E-state index in [0.29, 0.717) is 38.5 Å². The molecule has 61 heavy (non-hydrogen) atoms. The minimum atomic E-state index is -3.78. The maximum absolute atomic E-state index is 13.3. The quantitative estimate of drug-likeness (QED) is 0.0347. The monoisotopic (exact) mass is 922 g/mol. The van der Waals surface area contributed by atoms with Crippen molar-refractivity contribution in [3.8, 4) is 0 Å². The third-order valence-electron chi connectivity index (χ3n) is 11.1. The molecule has 10 atom stereocenters. The molecule has 2 aliphatic heterocycles. The number of aliphatic hydroxyl groups is 7. The number of aliphatic hydroxyl groups excluding tert-OH is 7. The lowest BCUT2D eigenvalue weighted by molar-refractivity contribution is -0.359. The summed E-state index contributed by atoms with van der Waals surface area (Å²) in [6.07, 6.45) is -3.49. The van der Waals surface area contributed by atoms with E-state index < -0.39 is 118 Å². The molecule has 0 aliphatic carbocycles. The van der Waals surface area contributed by atoms with Gasteiger partial charge in [-0.25, -0.2) is 16.8 Å². The van der Waals surface area contributed by atoms with Crippen LogP contribution in [-0.2, 0) is 57.7 Å². The SMILES string of the molecule is COC(=O)CCCCCCCCCCS(=O)(=O)CC(CO[C@@H]1O[C@H](CO)[C@@H](O[C@@H]2O[C@H](CO)[C@H](O)[C@H](O)[C@H]2O)[C@H](O)[C@H]1O)CS(=O)(=O)CCCCCCCCCCC(=O)OC. The number of sulfone groups is 2. The summed E-state index contributed by atoms with van der Waals surface area (Å²) in [5.74, 6) is -2.94. The second-order valence-electron chi connectivity index (χ2n) is 16.2. The number of rotatable bonds is 33. The van der Waals surface area contributed by atoms with Gasteiger partial charge in [-0.15, -0.1) is 0 Å². The molecule has 0 spiro atoms. The molecule has 0 saturated carbocycles. The van der Waals surface area contributed by atoms with Crippen LogP contribution in [-0.4, -0.2) is 183 Å². The fraction of sp³-hybridized carbons (Fsp3) is 0.950. The Kier molecular flexibility index (Phi) is 27.1. The van der Waals surface area contributed by atoms with Gasteiger partial charge in [0.15, 0.2) is 32.3 Å². The van der Waals surface area contributed by atoms with Crippen molar-refractivity contribution < 1.29 is 90.6 Å². The zero-order valence-corrected chi connectivity index (χ0v) is 37.5. The summed E-state index contributed by atoms with van der Waals surface area (Å²) in [6.45, 7) is -2.08. The molecule has 21 heteroatoms. The number of hydrogen-bond acceptors (Lipinski definition) is 19. The molecule has 0 aromatic carbocycles. The van der Waals surface area contributed by atoms with Gasteiger partial charge in [-0.3, -0.25) is 9.59 Å². The van der Waals surface area contributed by atoms with Gasteiger partial charge in [0, 0.05) is 18.8 Å². The molecule has 0 amide bonds. The van der Waals surface area contributed by atoms with E-state index >= 15 is 0 Å². The van der Waals surface area contributed by atoms with Crippen molar-refractivity contribution in [2.45, 2.75) is 177 Å². The first-order valence-corrected chi connectivity index (χ1v) is 25.4. The van der Waals surface area contributed by atoms with Gasteiger partial charge >= 0.3 is 11.9 Å². The van der Waals surface area contributed by atoms with Crippen molar-refractivity contribution in [3.63, 3.8) is 0 Å². The molecule has 0 radical (unpaired) electrons. The minimum absolute atomic E-state index is 0.170. The molecule has 2 rings (SSSR count). The minimum Gasteiger partial charge on any atom is -0.469 e. The molecule has 0 aromatic heterocycles. The lowest BCUT2D eigenvalue weighted by Gasteiger charge is -2.46. The van der Waals surface area contributed by atoms with Gasteiger partial charge in [0.1, 0.15) is 48.8 Å². The first kappa shape index (κ1) is 55.5. The van der Waals surface area contributed by atoms with Crippen molar-refractivity contribution in [2.24, 2.45) is 5.92 Å². The summed E-state index contributed by atoms with van der Waals surface area (Å²) in [5, 5.41) is 72.2. The van der Waals surface area contributed by atoms with Gasteiger partial charge in [-0.1, -0.05) is 77.0 Å². The van der Waals surface area contributed by atoms with Crippen LogP contribution in [0.1, 0.15) is 116 Å². The molecule has 0 aromatic rings. The topological polar surface area (TPSA) is 299 Å². The van der Waals surface area contributed by atoms with Crippen molar-refractivity contribution in [1.29, 1.82) is 0 Å². The average Bonchev–Trinajstić information content (AvgIpc) is 3.22. The highest BCUT2D eigenvalue weighted by Gasteiger charge is 2.51. The Morgan fingerprint density at radius 1 is 0.525 bits per heavy atom. The van der Waals surface area contributed by atoms with Crippen LogP contribution in [0.5, 0.6) is 0 Å². The second kappa shape index (κ2) is 29.8. The molecule has 0 unspecified atom stereocenters. The third-order valence-corrected chi connectivity index (χ3v) is 14.8. The van der Waals surface area contributed by atoms with Crippen molar-refractivity contribution >= 4 is 31.6 Å². The van der Waals surface area contributed by atoms with Gasteiger partial charge in [0.05, 0.1) is 57.1 Å². The molecule has 2 fully saturated rings. The van der Waals surface area contributed by atoms with E-state index in [2.05, 4.69) is 9.47 Å². The van der Waals surface area contributed by atoms with Crippen LogP contribution in [0.25, 0.3) is 0 Å². The summed E-state index contributed by atoms with van der Waals surface area (Å²) >= 11 is 0. The summed E-state index contributed by atoms with van der Waals surface area (Å²) in [5.41, 5.74) is 0. The number of hydrogen-bond donors (Lipinski definition) is 7. The molecule has 360 valence electrons. The van der Waals surface area contributed by atoms with Gasteiger partial charge in [-0.05, 0) is 25.7 Å². The van der Waals surface area contributed by atoms with E-state index in [0.717, 1.165) is 77.0 Å². The van der Waals surface area contributed by atoms with E-state index in [1.165, 1.54) is 14.2 Å². The van der Waals surface area contributed by atoms with Gasteiger partial charge in [-0.2, -0.15) is 0 Å². The van der Waals surface area contributed by atoms with Crippen molar-refractivity contribution in [1.82, 2.24) is 0 Å². The molecular formula is C40H74O19S2. The number of unbranched alkanes of at least 4 members (excludes halogenated alkanes) is 14. The maximum Gasteiger partial charge on any atom is 0.305 e. The highest BCUT2D eigenvalue weighted by Crippen LogP contribution is 2.30. The highest BCUT2D eigenvalue weighted by atomic mass is 32.2. The van der Waals surface area contributed by atoms with Gasteiger partial charge < -0.3 is 64.2 Å². The number of methoxy groups -OCH3 is 2. The highest BCUT2D eigenvalue weighted by molar-refractivity contribution is 7.92. The van der Waals surface area contributed by atoms with Gasteiger partial charge in [0.25, 0.3) is 0 Å². The average molecular weight is 923 g/mol. The Morgan fingerprint density at radius 2 is 0.918 bits per heavy atom. The normalized spacial score (nSPS) is 27.3. The zero-order valence-electron chi connectivity index (χ0n) is 35.9. The Labute approximate surface area is 361 Å². The Bertz CT molecular complexity index is 1360. The third kappa shape index (κ3) is 21.3. The Morgan fingerprint density at radius 3 is 1.34 bits per heavy atom. The number of esters is 2. The van der Waals surface area contributed by atoms with E-state index in [1.54, 1.807) is 0 Å². The molecule has 2 saturated heterocycles. The number of ether oxygens (including phenoxy) is 6.